The Kier molecular flexibility index (Phi) is 6.28. The summed E-state index contributed by atoms with van der Waals surface area (Å²) in [5.74, 6) is 0.474. The maximum atomic E-state index is 12.5. The second-order valence-electron chi connectivity index (χ2n) is 7.36. The molecular weight excluding hydrogens is 376 g/mol. The van der Waals surface area contributed by atoms with E-state index in [1.807, 2.05) is 0 Å². The van der Waals surface area contributed by atoms with Crippen LogP contribution in [0.3, 0.4) is 0 Å². The standard InChI is InChI=1S/C20H26N4O3S/c1-14-12-15(2)22-20(21-14)24-28(26,27)18-10-8-17(9-11-18)23-19(25)13-16-6-4-3-5-7-16/h8-12,16H,3-7,13H2,1-2H3,(H,23,25)(H,21,22,24). The average molecular weight is 403 g/mol. The summed E-state index contributed by atoms with van der Waals surface area (Å²) < 4.78 is 27.5. The number of carbonyl (C=O) groups excluding carboxylic acids is 1. The van der Waals surface area contributed by atoms with Crippen molar-refractivity contribution in [1.29, 1.82) is 0 Å². The molecule has 3 rings (SSSR count). The molecule has 28 heavy (non-hydrogen) atoms. The van der Waals surface area contributed by atoms with Crippen molar-refractivity contribution in [1.82, 2.24) is 9.97 Å². The van der Waals surface area contributed by atoms with Crippen molar-refractivity contribution in [3.8, 4) is 0 Å². The molecule has 150 valence electrons. The Morgan fingerprint density at radius 3 is 2.25 bits per heavy atom. The first-order valence-corrected chi connectivity index (χ1v) is 11.1. The van der Waals surface area contributed by atoms with Crippen LogP contribution >= 0.6 is 0 Å². The fourth-order valence-corrected chi connectivity index (χ4v) is 4.48. The van der Waals surface area contributed by atoms with Gasteiger partial charge >= 0.3 is 0 Å². The molecule has 1 fully saturated rings. The summed E-state index contributed by atoms with van der Waals surface area (Å²) in [4.78, 5) is 20.5. The summed E-state index contributed by atoms with van der Waals surface area (Å²) in [6, 6.07) is 7.87. The maximum absolute atomic E-state index is 12.5. The highest BCUT2D eigenvalue weighted by atomic mass is 32.2. The third-order valence-corrected chi connectivity index (χ3v) is 6.20. The number of aryl methyl sites for hydroxylation is 2. The number of hydrogen-bond acceptors (Lipinski definition) is 5. The zero-order chi connectivity index (χ0) is 20.1. The highest BCUT2D eigenvalue weighted by molar-refractivity contribution is 7.92. The van der Waals surface area contributed by atoms with Crippen LogP contribution in [-0.4, -0.2) is 24.3 Å². The van der Waals surface area contributed by atoms with Gasteiger partial charge in [-0.25, -0.2) is 23.1 Å². The zero-order valence-electron chi connectivity index (χ0n) is 16.2. The largest absolute Gasteiger partial charge is 0.326 e. The van der Waals surface area contributed by atoms with Crippen LogP contribution in [0.4, 0.5) is 11.6 Å². The van der Waals surface area contributed by atoms with E-state index in [2.05, 4.69) is 20.0 Å². The van der Waals surface area contributed by atoms with E-state index in [0.717, 1.165) is 12.8 Å². The number of hydrogen-bond donors (Lipinski definition) is 2. The molecule has 1 amide bonds. The Hall–Kier alpha value is -2.48. The summed E-state index contributed by atoms with van der Waals surface area (Å²) in [6.45, 7) is 3.55. The van der Waals surface area contributed by atoms with E-state index in [1.165, 1.54) is 31.4 Å². The van der Waals surface area contributed by atoms with Gasteiger partial charge in [0.1, 0.15) is 0 Å². The van der Waals surface area contributed by atoms with E-state index in [1.54, 1.807) is 32.0 Å². The SMILES string of the molecule is Cc1cc(C)nc(NS(=O)(=O)c2ccc(NC(=O)CC3CCCCC3)cc2)n1. The Balaban J connectivity index is 1.63. The molecule has 1 saturated carbocycles. The van der Waals surface area contributed by atoms with Gasteiger partial charge in [0.25, 0.3) is 10.0 Å². The molecule has 0 spiro atoms. The van der Waals surface area contributed by atoms with Gasteiger partial charge < -0.3 is 5.32 Å². The van der Waals surface area contributed by atoms with E-state index >= 15 is 0 Å². The Bertz CT molecular complexity index is 916. The van der Waals surface area contributed by atoms with E-state index in [9.17, 15) is 13.2 Å². The molecule has 1 aliphatic carbocycles. The summed E-state index contributed by atoms with van der Waals surface area (Å²) in [5.41, 5.74) is 1.95. The van der Waals surface area contributed by atoms with Gasteiger partial charge in [-0.3, -0.25) is 4.79 Å². The average Bonchev–Trinajstić information content (AvgIpc) is 2.61. The van der Waals surface area contributed by atoms with Crippen LogP contribution in [0.1, 0.15) is 49.9 Å². The first-order valence-electron chi connectivity index (χ1n) is 9.57. The molecular formula is C20H26N4O3S. The minimum absolute atomic E-state index is 0.0238. The molecule has 1 heterocycles. The Morgan fingerprint density at radius 2 is 1.64 bits per heavy atom. The van der Waals surface area contributed by atoms with Gasteiger partial charge in [0, 0.05) is 23.5 Å². The van der Waals surface area contributed by atoms with Crippen molar-refractivity contribution in [3.05, 3.63) is 41.7 Å². The molecule has 0 atom stereocenters. The lowest BCUT2D eigenvalue weighted by molar-refractivity contribution is -0.117. The second-order valence-corrected chi connectivity index (χ2v) is 9.04. The number of nitrogens with one attached hydrogen (secondary N) is 2. The van der Waals surface area contributed by atoms with E-state index < -0.39 is 10.0 Å². The van der Waals surface area contributed by atoms with E-state index in [-0.39, 0.29) is 16.8 Å². The van der Waals surface area contributed by atoms with Gasteiger partial charge in [-0.2, -0.15) is 0 Å². The number of aromatic nitrogens is 2. The van der Waals surface area contributed by atoms with Crippen molar-refractivity contribution in [3.63, 3.8) is 0 Å². The van der Waals surface area contributed by atoms with Gasteiger partial charge in [-0.15, -0.1) is 0 Å². The van der Waals surface area contributed by atoms with Crippen molar-refractivity contribution < 1.29 is 13.2 Å². The third kappa shape index (κ3) is 5.51. The monoisotopic (exact) mass is 402 g/mol. The van der Waals surface area contributed by atoms with Crippen LogP contribution in [0, 0.1) is 19.8 Å². The van der Waals surface area contributed by atoms with E-state index in [0.29, 0.717) is 29.4 Å². The van der Waals surface area contributed by atoms with Gasteiger partial charge in [0.05, 0.1) is 4.90 Å². The van der Waals surface area contributed by atoms with Crippen molar-refractivity contribution in [2.24, 2.45) is 5.92 Å². The minimum Gasteiger partial charge on any atom is -0.326 e. The molecule has 1 aromatic heterocycles. The molecule has 1 aromatic carbocycles. The fraction of sp³-hybridized carbons (Fsp3) is 0.450. The highest BCUT2D eigenvalue weighted by Crippen LogP contribution is 2.26. The normalized spacial score (nSPS) is 15.2. The summed E-state index contributed by atoms with van der Waals surface area (Å²) in [5, 5.41) is 2.85. The molecule has 0 radical (unpaired) electrons. The third-order valence-electron chi connectivity index (χ3n) is 4.86. The maximum Gasteiger partial charge on any atom is 0.264 e. The predicted molar refractivity (Wildman–Crippen MR) is 109 cm³/mol. The molecule has 0 saturated heterocycles. The van der Waals surface area contributed by atoms with Crippen molar-refractivity contribution in [2.45, 2.75) is 57.3 Å². The molecule has 8 heteroatoms. The summed E-state index contributed by atoms with van der Waals surface area (Å²) >= 11 is 0. The molecule has 0 aliphatic heterocycles. The number of sulfonamides is 1. The van der Waals surface area contributed by atoms with Crippen LogP contribution in [0.5, 0.6) is 0 Å². The van der Waals surface area contributed by atoms with Crippen molar-refractivity contribution in [2.75, 3.05) is 10.0 Å². The number of anilines is 2. The van der Waals surface area contributed by atoms with E-state index in [4.69, 9.17) is 0 Å². The molecule has 0 bridgehead atoms. The Labute approximate surface area is 166 Å². The molecule has 7 nitrogen and oxygen atoms in total. The number of amides is 1. The zero-order valence-corrected chi connectivity index (χ0v) is 17.1. The first-order chi connectivity index (χ1) is 13.3. The molecule has 2 aromatic rings. The topological polar surface area (TPSA) is 101 Å². The van der Waals surface area contributed by atoms with Gasteiger partial charge in [-0.05, 0) is 62.9 Å². The molecule has 1 aliphatic rings. The number of rotatable bonds is 6. The highest BCUT2D eigenvalue weighted by Gasteiger charge is 2.18. The van der Waals surface area contributed by atoms with Crippen LogP contribution in [0.25, 0.3) is 0 Å². The number of nitrogens with zero attached hydrogens (tertiary/aromatic N) is 2. The van der Waals surface area contributed by atoms with Crippen LogP contribution in [-0.2, 0) is 14.8 Å². The lowest BCUT2D eigenvalue weighted by Gasteiger charge is -2.20. The van der Waals surface area contributed by atoms with Crippen LogP contribution in [0.2, 0.25) is 0 Å². The minimum atomic E-state index is -3.80. The first kappa shape index (κ1) is 20.3. The predicted octanol–water partition coefficient (Wildman–Crippen LogP) is 3.80. The number of benzene rings is 1. The fourth-order valence-electron chi connectivity index (χ4n) is 3.53. The molecule has 0 unspecified atom stereocenters. The smallest absolute Gasteiger partial charge is 0.264 e. The summed E-state index contributed by atoms with van der Waals surface area (Å²) in [6.07, 6.45) is 6.39. The van der Waals surface area contributed by atoms with Gasteiger partial charge in [0.15, 0.2) is 0 Å². The quantitative estimate of drug-likeness (QED) is 0.765. The van der Waals surface area contributed by atoms with Gasteiger partial charge in [0.2, 0.25) is 11.9 Å². The van der Waals surface area contributed by atoms with Crippen LogP contribution < -0.4 is 10.0 Å². The number of carbonyl (C=O) groups is 1. The lowest BCUT2D eigenvalue weighted by atomic mass is 9.87. The van der Waals surface area contributed by atoms with Crippen LogP contribution in [0.15, 0.2) is 35.2 Å². The molecule has 2 N–H and O–H groups in total. The van der Waals surface area contributed by atoms with Crippen molar-refractivity contribution >= 4 is 27.6 Å². The lowest BCUT2D eigenvalue weighted by Crippen LogP contribution is -2.18. The second kappa shape index (κ2) is 8.68. The Morgan fingerprint density at radius 1 is 1.04 bits per heavy atom. The van der Waals surface area contributed by atoms with Gasteiger partial charge in [-0.1, -0.05) is 19.3 Å². The summed E-state index contributed by atoms with van der Waals surface area (Å²) in [7, 11) is -3.80.